The number of pyridine rings is 1. The van der Waals surface area contributed by atoms with Gasteiger partial charge in [0, 0.05) is 23.6 Å². The summed E-state index contributed by atoms with van der Waals surface area (Å²) >= 11 is 0. The first kappa shape index (κ1) is 14.1. The lowest BCUT2D eigenvalue weighted by atomic mass is 9.99. The van der Waals surface area contributed by atoms with Crippen LogP contribution in [-0.2, 0) is 0 Å². The molecule has 1 unspecified atom stereocenters. The highest BCUT2D eigenvalue weighted by atomic mass is 16.5. The average Bonchev–Trinajstić information content (AvgIpc) is 2.49. The van der Waals surface area contributed by atoms with Gasteiger partial charge in [0.25, 0.3) is 0 Å². The third kappa shape index (κ3) is 2.66. The maximum absolute atomic E-state index is 5.97. The number of hydrazine groups is 1. The van der Waals surface area contributed by atoms with Gasteiger partial charge in [-0.3, -0.25) is 10.8 Å². The quantitative estimate of drug-likeness (QED) is 0.560. The molecule has 20 heavy (non-hydrogen) atoms. The lowest BCUT2D eigenvalue weighted by Gasteiger charge is -2.19. The lowest BCUT2D eigenvalue weighted by Crippen LogP contribution is -2.29. The highest BCUT2D eigenvalue weighted by Crippen LogP contribution is 2.33. The zero-order valence-electron chi connectivity index (χ0n) is 11.5. The van der Waals surface area contributed by atoms with Crippen molar-refractivity contribution in [2.24, 2.45) is 5.84 Å². The number of hydrogen-bond acceptors (Lipinski definition) is 6. The number of nitrogen functional groups attached to an aromatic ring is 1. The molecule has 0 aliphatic heterocycles. The predicted octanol–water partition coefficient (Wildman–Crippen LogP) is 1.23. The summed E-state index contributed by atoms with van der Waals surface area (Å²) in [6.07, 6.45) is 3.33. The highest BCUT2D eigenvalue weighted by molar-refractivity contribution is 5.52. The van der Waals surface area contributed by atoms with Crippen LogP contribution in [0, 0.1) is 0 Å². The van der Waals surface area contributed by atoms with Gasteiger partial charge < -0.3 is 15.2 Å². The monoisotopic (exact) mass is 274 g/mol. The SMILES string of the molecule is COc1ccc(C(NN)c2cnccc2N)cc1OC. The summed E-state index contributed by atoms with van der Waals surface area (Å²) < 4.78 is 10.5. The molecular formula is C14H18N4O2. The van der Waals surface area contributed by atoms with Gasteiger partial charge >= 0.3 is 0 Å². The van der Waals surface area contributed by atoms with E-state index in [1.165, 1.54) is 0 Å². The Morgan fingerprint density at radius 1 is 1.15 bits per heavy atom. The first-order chi connectivity index (χ1) is 9.71. The number of rotatable bonds is 5. The molecule has 0 bridgehead atoms. The zero-order valence-corrected chi connectivity index (χ0v) is 11.5. The molecule has 0 amide bonds. The molecule has 0 aliphatic rings. The molecule has 106 valence electrons. The molecule has 1 aromatic carbocycles. The molecule has 0 aliphatic carbocycles. The Hall–Kier alpha value is -2.31. The Bertz CT molecular complexity index is 589. The molecule has 0 saturated carbocycles. The van der Waals surface area contributed by atoms with Gasteiger partial charge in [0.15, 0.2) is 11.5 Å². The summed E-state index contributed by atoms with van der Waals surface area (Å²) in [7, 11) is 3.18. The van der Waals surface area contributed by atoms with Crippen LogP contribution >= 0.6 is 0 Å². The number of aromatic nitrogens is 1. The van der Waals surface area contributed by atoms with Crippen molar-refractivity contribution in [2.45, 2.75) is 6.04 Å². The smallest absolute Gasteiger partial charge is 0.161 e. The van der Waals surface area contributed by atoms with E-state index in [1.54, 1.807) is 32.7 Å². The van der Waals surface area contributed by atoms with Crippen molar-refractivity contribution in [3.63, 3.8) is 0 Å². The van der Waals surface area contributed by atoms with Gasteiger partial charge in [0.2, 0.25) is 0 Å². The second-order valence-electron chi connectivity index (χ2n) is 4.22. The number of anilines is 1. The molecule has 1 atom stereocenters. The van der Waals surface area contributed by atoms with E-state index in [1.807, 2.05) is 18.2 Å². The Kier molecular flexibility index (Phi) is 4.39. The summed E-state index contributed by atoms with van der Waals surface area (Å²) in [5, 5.41) is 0. The lowest BCUT2D eigenvalue weighted by molar-refractivity contribution is 0.354. The summed E-state index contributed by atoms with van der Waals surface area (Å²) in [5.41, 5.74) is 11.1. The Balaban J connectivity index is 2.45. The molecule has 0 radical (unpaired) electrons. The molecule has 0 spiro atoms. The van der Waals surface area contributed by atoms with E-state index >= 15 is 0 Å². The maximum atomic E-state index is 5.97. The summed E-state index contributed by atoms with van der Waals surface area (Å²) in [6.45, 7) is 0. The van der Waals surface area contributed by atoms with Crippen molar-refractivity contribution in [2.75, 3.05) is 20.0 Å². The first-order valence-electron chi connectivity index (χ1n) is 6.08. The molecule has 6 nitrogen and oxygen atoms in total. The van der Waals surface area contributed by atoms with Crippen LogP contribution in [0.5, 0.6) is 11.5 Å². The number of benzene rings is 1. The van der Waals surface area contributed by atoms with Gasteiger partial charge in [-0.15, -0.1) is 0 Å². The van der Waals surface area contributed by atoms with Crippen LogP contribution in [0.1, 0.15) is 17.2 Å². The van der Waals surface area contributed by atoms with Crippen molar-refractivity contribution in [1.82, 2.24) is 10.4 Å². The second kappa shape index (κ2) is 6.23. The van der Waals surface area contributed by atoms with Crippen molar-refractivity contribution >= 4 is 5.69 Å². The van der Waals surface area contributed by atoms with Crippen LogP contribution in [0.15, 0.2) is 36.7 Å². The van der Waals surface area contributed by atoms with E-state index in [4.69, 9.17) is 21.1 Å². The Labute approximate surface area is 117 Å². The van der Waals surface area contributed by atoms with Gasteiger partial charge in [-0.05, 0) is 23.8 Å². The number of hydrogen-bond donors (Lipinski definition) is 3. The molecule has 0 saturated heterocycles. The minimum absolute atomic E-state index is 0.275. The average molecular weight is 274 g/mol. The van der Waals surface area contributed by atoms with Crippen LogP contribution in [0.3, 0.4) is 0 Å². The second-order valence-corrected chi connectivity index (χ2v) is 4.22. The predicted molar refractivity (Wildman–Crippen MR) is 77.4 cm³/mol. The fraction of sp³-hybridized carbons (Fsp3) is 0.214. The summed E-state index contributed by atoms with van der Waals surface area (Å²) in [5.74, 6) is 6.95. The van der Waals surface area contributed by atoms with Crippen molar-refractivity contribution in [1.29, 1.82) is 0 Å². The minimum atomic E-state index is -0.275. The number of methoxy groups -OCH3 is 2. The molecule has 0 fully saturated rings. The van der Waals surface area contributed by atoms with E-state index < -0.39 is 0 Å². The fourth-order valence-electron chi connectivity index (χ4n) is 2.06. The highest BCUT2D eigenvalue weighted by Gasteiger charge is 2.17. The van der Waals surface area contributed by atoms with Crippen molar-refractivity contribution in [3.05, 3.63) is 47.8 Å². The Morgan fingerprint density at radius 3 is 2.50 bits per heavy atom. The molecule has 2 aromatic rings. The molecule has 5 N–H and O–H groups in total. The van der Waals surface area contributed by atoms with E-state index in [2.05, 4.69) is 10.4 Å². The standard InChI is InChI=1S/C14H18N4O2/c1-19-12-4-3-9(7-13(12)20-2)14(18-16)10-8-17-6-5-11(10)15/h3-8,14,18H,16H2,1-2H3,(H2,15,17). The topological polar surface area (TPSA) is 95.4 Å². The number of nitrogens with two attached hydrogens (primary N) is 2. The van der Waals surface area contributed by atoms with Crippen LogP contribution in [0.2, 0.25) is 0 Å². The van der Waals surface area contributed by atoms with Gasteiger partial charge in [0.1, 0.15) is 0 Å². The van der Waals surface area contributed by atoms with Crippen molar-refractivity contribution < 1.29 is 9.47 Å². The normalized spacial score (nSPS) is 11.9. The van der Waals surface area contributed by atoms with Gasteiger partial charge in [-0.25, -0.2) is 5.43 Å². The number of nitrogens with zero attached hydrogens (tertiary/aromatic N) is 1. The fourth-order valence-corrected chi connectivity index (χ4v) is 2.06. The Morgan fingerprint density at radius 2 is 1.90 bits per heavy atom. The van der Waals surface area contributed by atoms with Gasteiger partial charge in [0.05, 0.1) is 20.3 Å². The molecular weight excluding hydrogens is 256 g/mol. The summed E-state index contributed by atoms with van der Waals surface area (Å²) in [6, 6.07) is 7.04. The van der Waals surface area contributed by atoms with E-state index in [-0.39, 0.29) is 6.04 Å². The first-order valence-corrected chi connectivity index (χ1v) is 6.08. The number of nitrogens with one attached hydrogen (secondary N) is 1. The van der Waals surface area contributed by atoms with Crippen LogP contribution in [0.25, 0.3) is 0 Å². The van der Waals surface area contributed by atoms with Crippen LogP contribution in [-0.4, -0.2) is 19.2 Å². The maximum Gasteiger partial charge on any atom is 0.161 e. The summed E-state index contributed by atoms with van der Waals surface area (Å²) in [4.78, 5) is 4.08. The minimum Gasteiger partial charge on any atom is -0.493 e. The zero-order chi connectivity index (χ0) is 14.5. The van der Waals surface area contributed by atoms with Crippen molar-refractivity contribution in [3.8, 4) is 11.5 Å². The number of ether oxygens (including phenoxy) is 2. The van der Waals surface area contributed by atoms with Gasteiger partial charge in [-0.1, -0.05) is 6.07 Å². The van der Waals surface area contributed by atoms with Gasteiger partial charge in [-0.2, -0.15) is 0 Å². The van der Waals surface area contributed by atoms with E-state index in [0.29, 0.717) is 17.2 Å². The van der Waals surface area contributed by atoms with E-state index in [9.17, 15) is 0 Å². The van der Waals surface area contributed by atoms with E-state index in [0.717, 1.165) is 11.1 Å². The molecule has 1 aromatic heterocycles. The molecule has 1 heterocycles. The third-order valence-electron chi connectivity index (χ3n) is 3.11. The van der Waals surface area contributed by atoms with Crippen LogP contribution < -0.4 is 26.5 Å². The largest absolute Gasteiger partial charge is 0.493 e. The molecule has 6 heteroatoms. The molecule has 2 rings (SSSR count). The third-order valence-corrected chi connectivity index (χ3v) is 3.11. The van der Waals surface area contributed by atoms with Crippen LogP contribution in [0.4, 0.5) is 5.69 Å².